The van der Waals surface area contributed by atoms with Crippen molar-refractivity contribution in [2.75, 3.05) is 0 Å². The second-order valence-corrected chi connectivity index (χ2v) is 6.77. The van der Waals surface area contributed by atoms with Crippen molar-refractivity contribution in [3.8, 4) is 5.69 Å². The van der Waals surface area contributed by atoms with Crippen LogP contribution in [0.25, 0.3) is 5.69 Å². The summed E-state index contributed by atoms with van der Waals surface area (Å²) in [7, 11) is 0. The Morgan fingerprint density at radius 2 is 1.93 bits per heavy atom. The molecule has 27 heavy (non-hydrogen) atoms. The van der Waals surface area contributed by atoms with Gasteiger partial charge in [-0.25, -0.2) is 4.68 Å². The molecule has 0 radical (unpaired) electrons. The first kappa shape index (κ1) is 17.2. The lowest BCUT2D eigenvalue weighted by molar-refractivity contribution is 0.0227. The molecule has 1 aliphatic rings. The highest BCUT2D eigenvalue weighted by molar-refractivity contribution is 5.92. The molecule has 0 saturated heterocycles. The third-order valence-electron chi connectivity index (χ3n) is 4.89. The largest absolute Gasteiger partial charge is 0.393 e. The molecule has 1 atom stereocenters. The molecule has 7 heteroatoms. The van der Waals surface area contributed by atoms with Crippen molar-refractivity contribution in [3.05, 3.63) is 82.5 Å². The molecule has 1 saturated carbocycles. The maximum absolute atomic E-state index is 12.8. The Labute approximate surface area is 155 Å². The zero-order valence-corrected chi connectivity index (χ0v) is 14.6. The SMILES string of the molecule is O=C(N[C@H](c1ccccn1)C1CC(O)C1)c1cc(=O)n(-c2ccccc2)[nH]1. The van der Waals surface area contributed by atoms with Gasteiger partial charge in [-0.1, -0.05) is 24.3 Å². The summed E-state index contributed by atoms with van der Waals surface area (Å²) in [5.74, 6) is -0.263. The number of aliphatic hydroxyl groups is 1. The lowest BCUT2D eigenvalue weighted by Crippen LogP contribution is -2.41. The summed E-state index contributed by atoms with van der Waals surface area (Å²) in [6.07, 6.45) is 2.57. The number of nitrogens with zero attached hydrogens (tertiary/aromatic N) is 2. The quantitative estimate of drug-likeness (QED) is 0.643. The maximum Gasteiger partial charge on any atom is 0.271 e. The molecule has 0 spiro atoms. The number of para-hydroxylation sites is 1. The third-order valence-corrected chi connectivity index (χ3v) is 4.89. The van der Waals surface area contributed by atoms with E-state index in [0.717, 1.165) is 5.69 Å². The molecule has 1 aromatic carbocycles. The summed E-state index contributed by atoms with van der Waals surface area (Å²) in [5, 5.41) is 15.5. The van der Waals surface area contributed by atoms with E-state index in [-0.39, 0.29) is 35.2 Å². The number of aliphatic hydroxyl groups excluding tert-OH is 1. The number of nitrogens with one attached hydrogen (secondary N) is 2. The first-order valence-corrected chi connectivity index (χ1v) is 8.89. The first-order valence-electron chi connectivity index (χ1n) is 8.89. The molecule has 0 bridgehead atoms. The minimum Gasteiger partial charge on any atom is -0.393 e. The van der Waals surface area contributed by atoms with Crippen LogP contribution in [0.15, 0.2) is 65.6 Å². The zero-order valence-electron chi connectivity index (χ0n) is 14.6. The Morgan fingerprint density at radius 1 is 1.19 bits per heavy atom. The van der Waals surface area contributed by atoms with Gasteiger partial charge in [0.2, 0.25) is 0 Å². The van der Waals surface area contributed by atoms with Crippen LogP contribution in [0.4, 0.5) is 0 Å². The summed E-state index contributed by atoms with van der Waals surface area (Å²) in [6, 6.07) is 15.6. The van der Waals surface area contributed by atoms with Gasteiger partial charge in [-0.15, -0.1) is 0 Å². The molecule has 0 unspecified atom stereocenters. The summed E-state index contributed by atoms with van der Waals surface area (Å²) in [5.41, 5.74) is 1.28. The zero-order chi connectivity index (χ0) is 18.8. The Kier molecular flexibility index (Phi) is 4.60. The van der Waals surface area contributed by atoms with Crippen LogP contribution in [0.2, 0.25) is 0 Å². The molecule has 3 N–H and O–H groups in total. The molecule has 3 aromatic rings. The van der Waals surface area contributed by atoms with Crippen molar-refractivity contribution in [2.24, 2.45) is 5.92 Å². The van der Waals surface area contributed by atoms with Crippen LogP contribution in [-0.4, -0.2) is 31.9 Å². The molecule has 7 nitrogen and oxygen atoms in total. The van der Waals surface area contributed by atoms with E-state index in [0.29, 0.717) is 18.5 Å². The first-order chi connectivity index (χ1) is 13.1. The highest BCUT2D eigenvalue weighted by atomic mass is 16.3. The van der Waals surface area contributed by atoms with Gasteiger partial charge in [0, 0.05) is 12.3 Å². The highest BCUT2D eigenvalue weighted by Gasteiger charge is 2.36. The molecular weight excluding hydrogens is 344 g/mol. The smallest absolute Gasteiger partial charge is 0.271 e. The third kappa shape index (κ3) is 3.54. The van der Waals surface area contributed by atoms with Crippen LogP contribution < -0.4 is 10.9 Å². The van der Waals surface area contributed by atoms with Gasteiger partial charge < -0.3 is 10.4 Å². The predicted molar refractivity (Wildman–Crippen MR) is 99.6 cm³/mol. The number of H-pyrrole nitrogens is 1. The summed E-state index contributed by atoms with van der Waals surface area (Å²) >= 11 is 0. The van der Waals surface area contributed by atoms with E-state index in [9.17, 15) is 14.7 Å². The normalized spacial score (nSPS) is 19.9. The summed E-state index contributed by atoms with van der Waals surface area (Å²) < 4.78 is 1.33. The second-order valence-electron chi connectivity index (χ2n) is 6.77. The van der Waals surface area contributed by atoms with Gasteiger partial charge in [0.05, 0.1) is 23.5 Å². The number of rotatable bonds is 5. The van der Waals surface area contributed by atoms with Crippen molar-refractivity contribution < 1.29 is 9.90 Å². The van der Waals surface area contributed by atoms with Crippen molar-refractivity contribution in [3.63, 3.8) is 0 Å². The van der Waals surface area contributed by atoms with Crippen molar-refractivity contribution in [1.29, 1.82) is 0 Å². The molecular formula is C20H20N4O3. The van der Waals surface area contributed by atoms with E-state index in [2.05, 4.69) is 15.4 Å². The average Bonchev–Trinajstić information content (AvgIpc) is 3.07. The van der Waals surface area contributed by atoms with E-state index in [1.165, 1.54) is 10.7 Å². The molecule has 4 rings (SSSR count). The molecule has 1 fully saturated rings. The lowest BCUT2D eigenvalue weighted by atomic mass is 9.76. The number of hydrogen-bond donors (Lipinski definition) is 3. The summed E-state index contributed by atoms with van der Waals surface area (Å²) in [4.78, 5) is 29.4. The minimum atomic E-state index is -0.376. The van der Waals surface area contributed by atoms with E-state index in [4.69, 9.17) is 0 Å². The Balaban J connectivity index is 1.58. The average molecular weight is 364 g/mol. The van der Waals surface area contributed by atoms with E-state index < -0.39 is 0 Å². The topological polar surface area (TPSA) is 100 Å². The Bertz CT molecular complexity index is 975. The van der Waals surface area contributed by atoms with Gasteiger partial charge in [0.1, 0.15) is 5.69 Å². The number of carbonyl (C=O) groups is 1. The molecule has 1 aliphatic carbocycles. The van der Waals surface area contributed by atoms with Gasteiger partial charge in [0.15, 0.2) is 0 Å². The van der Waals surface area contributed by atoms with E-state index >= 15 is 0 Å². The number of aromatic nitrogens is 3. The second kappa shape index (κ2) is 7.20. The highest BCUT2D eigenvalue weighted by Crippen LogP contribution is 2.37. The Morgan fingerprint density at radius 3 is 2.59 bits per heavy atom. The standard InChI is InChI=1S/C20H20N4O3/c25-15-10-13(11-15)19(16-8-4-5-9-21-16)22-20(27)17-12-18(26)24(23-17)14-6-2-1-3-7-14/h1-9,12-13,15,19,23,25H,10-11H2,(H,22,27)/t13?,15?,19-/m0/s1. The fourth-order valence-corrected chi connectivity index (χ4v) is 3.40. The summed E-state index contributed by atoms with van der Waals surface area (Å²) in [6.45, 7) is 0. The number of aromatic amines is 1. The van der Waals surface area contributed by atoms with Crippen molar-refractivity contribution in [2.45, 2.75) is 25.0 Å². The monoisotopic (exact) mass is 364 g/mol. The molecule has 0 aliphatic heterocycles. The fraction of sp³-hybridized carbons (Fsp3) is 0.250. The van der Waals surface area contributed by atoms with Gasteiger partial charge in [-0.2, -0.15) is 0 Å². The molecule has 138 valence electrons. The lowest BCUT2D eigenvalue weighted by Gasteiger charge is -2.37. The number of hydrogen-bond acceptors (Lipinski definition) is 4. The minimum absolute atomic E-state index is 0.113. The van der Waals surface area contributed by atoms with Gasteiger partial charge >= 0.3 is 0 Å². The predicted octanol–water partition coefficient (Wildman–Crippen LogP) is 1.80. The fourth-order valence-electron chi connectivity index (χ4n) is 3.40. The maximum atomic E-state index is 12.8. The number of pyridine rings is 1. The molecule has 2 heterocycles. The van der Waals surface area contributed by atoms with Gasteiger partial charge in [-0.3, -0.25) is 19.7 Å². The van der Waals surface area contributed by atoms with Crippen LogP contribution in [0, 0.1) is 5.92 Å². The Hall–Kier alpha value is -3.19. The van der Waals surface area contributed by atoms with Crippen LogP contribution in [0.3, 0.4) is 0 Å². The van der Waals surface area contributed by atoms with Crippen LogP contribution in [-0.2, 0) is 0 Å². The van der Waals surface area contributed by atoms with Crippen LogP contribution >= 0.6 is 0 Å². The van der Waals surface area contributed by atoms with Gasteiger partial charge in [0.25, 0.3) is 11.5 Å². The van der Waals surface area contributed by atoms with E-state index in [1.807, 2.05) is 36.4 Å². The van der Waals surface area contributed by atoms with E-state index in [1.54, 1.807) is 18.3 Å². The number of amides is 1. The number of carbonyl (C=O) groups excluding carboxylic acids is 1. The van der Waals surface area contributed by atoms with Crippen LogP contribution in [0.1, 0.15) is 35.1 Å². The van der Waals surface area contributed by atoms with Crippen molar-refractivity contribution >= 4 is 5.91 Å². The molecule has 2 aromatic heterocycles. The van der Waals surface area contributed by atoms with Crippen LogP contribution in [0.5, 0.6) is 0 Å². The van der Waals surface area contributed by atoms with Crippen molar-refractivity contribution in [1.82, 2.24) is 20.1 Å². The molecule has 1 amide bonds. The van der Waals surface area contributed by atoms with Gasteiger partial charge in [-0.05, 0) is 43.0 Å². The number of benzene rings is 1.